The van der Waals surface area contributed by atoms with Crippen molar-refractivity contribution < 1.29 is 9.90 Å². The number of hydrogen-bond acceptors (Lipinski definition) is 3. The minimum Gasteiger partial charge on any atom is -0.481 e. The van der Waals surface area contributed by atoms with E-state index in [1.807, 2.05) is 0 Å². The lowest BCUT2D eigenvalue weighted by atomic mass is 9.90. The Labute approximate surface area is 119 Å². The van der Waals surface area contributed by atoms with Gasteiger partial charge < -0.3 is 9.67 Å². The highest BCUT2D eigenvalue weighted by Gasteiger charge is 2.29. The Kier molecular flexibility index (Phi) is 4.03. The molecule has 1 fully saturated rings. The standard InChI is InChI=1S/C15H23N3O2/c19-15(20)12-8-9-13-16-17-14(18(13)10-12)11-6-4-2-1-3-5-7-11/h11-12H,1-10H2,(H,19,20). The first-order chi connectivity index (χ1) is 9.75. The van der Waals surface area contributed by atoms with E-state index in [0.717, 1.165) is 18.1 Å². The Morgan fingerprint density at radius 3 is 2.45 bits per heavy atom. The summed E-state index contributed by atoms with van der Waals surface area (Å²) in [6, 6.07) is 0. The third kappa shape index (κ3) is 2.72. The number of carboxylic acids is 1. The Hall–Kier alpha value is -1.39. The molecule has 3 rings (SSSR count). The zero-order chi connectivity index (χ0) is 13.9. The van der Waals surface area contributed by atoms with Crippen molar-refractivity contribution in [2.75, 3.05) is 0 Å². The van der Waals surface area contributed by atoms with E-state index >= 15 is 0 Å². The van der Waals surface area contributed by atoms with Crippen LogP contribution in [0.4, 0.5) is 0 Å². The second kappa shape index (κ2) is 5.94. The minimum absolute atomic E-state index is 0.272. The van der Waals surface area contributed by atoms with Crippen LogP contribution in [0.25, 0.3) is 0 Å². The summed E-state index contributed by atoms with van der Waals surface area (Å²) in [6.07, 6.45) is 10.3. The Morgan fingerprint density at radius 2 is 1.75 bits per heavy atom. The molecule has 110 valence electrons. The molecule has 0 amide bonds. The van der Waals surface area contributed by atoms with Crippen LogP contribution >= 0.6 is 0 Å². The molecule has 0 radical (unpaired) electrons. The van der Waals surface area contributed by atoms with E-state index in [4.69, 9.17) is 0 Å². The van der Waals surface area contributed by atoms with E-state index < -0.39 is 5.97 Å². The first kappa shape index (κ1) is 13.6. The number of carboxylic acid groups (broad SMARTS) is 1. The van der Waals surface area contributed by atoms with Crippen LogP contribution in [-0.4, -0.2) is 25.8 Å². The van der Waals surface area contributed by atoms with Gasteiger partial charge in [0.05, 0.1) is 5.92 Å². The van der Waals surface area contributed by atoms with Gasteiger partial charge in [0.25, 0.3) is 0 Å². The van der Waals surface area contributed by atoms with Gasteiger partial charge in [-0.15, -0.1) is 10.2 Å². The quantitative estimate of drug-likeness (QED) is 0.902. The fourth-order valence-electron chi connectivity index (χ4n) is 3.57. The molecular weight excluding hydrogens is 254 g/mol. The topological polar surface area (TPSA) is 68.0 Å². The van der Waals surface area contributed by atoms with Crippen molar-refractivity contribution in [2.24, 2.45) is 5.92 Å². The normalized spacial score (nSPS) is 24.7. The summed E-state index contributed by atoms with van der Waals surface area (Å²) in [4.78, 5) is 11.2. The van der Waals surface area contributed by atoms with E-state index in [1.165, 1.54) is 44.9 Å². The molecule has 1 saturated carbocycles. The number of aliphatic carboxylic acids is 1. The third-order valence-electron chi connectivity index (χ3n) is 4.79. The monoisotopic (exact) mass is 277 g/mol. The molecule has 0 bridgehead atoms. The van der Waals surface area contributed by atoms with Gasteiger partial charge in [-0.25, -0.2) is 0 Å². The zero-order valence-electron chi connectivity index (χ0n) is 11.9. The fourth-order valence-corrected chi connectivity index (χ4v) is 3.57. The number of hydrogen-bond donors (Lipinski definition) is 1. The maximum Gasteiger partial charge on any atom is 0.308 e. The summed E-state index contributed by atoms with van der Waals surface area (Å²) in [5.41, 5.74) is 0. The van der Waals surface area contributed by atoms with E-state index in [2.05, 4.69) is 14.8 Å². The largest absolute Gasteiger partial charge is 0.481 e. The lowest BCUT2D eigenvalue weighted by Gasteiger charge is -2.24. The maximum absolute atomic E-state index is 11.2. The summed E-state index contributed by atoms with van der Waals surface area (Å²) in [7, 11) is 0. The van der Waals surface area contributed by atoms with Crippen molar-refractivity contribution in [3.05, 3.63) is 11.6 Å². The van der Waals surface area contributed by atoms with E-state index in [-0.39, 0.29) is 5.92 Å². The smallest absolute Gasteiger partial charge is 0.308 e. The van der Waals surface area contributed by atoms with Crippen LogP contribution < -0.4 is 0 Å². The van der Waals surface area contributed by atoms with E-state index in [1.54, 1.807) is 0 Å². The van der Waals surface area contributed by atoms with E-state index in [9.17, 15) is 9.90 Å². The number of rotatable bonds is 2. The summed E-state index contributed by atoms with van der Waals surface area (Å²) < 4.78 is 2.11. The van der Waals surface area contributed by atoms with Crippen molar-refractivity contribution in [3.63, 3.8) is 0 Å². The summed E-state index contributed by atoms with van der Waals surface area (Å²) >= 11 is 0. The summed E-state index contributed by atoms with van der Waals surface area (Å²) in [5.74, 6) is 1.55. The fraction of sp³-hybridized carbons (Fsp3) is 0.800. The average molecular weight is 277 g/mol. The number of fused-ring (bicyclic) bond motifs is 1. The summed E-state index contributed by atoms with van der Waals surface area (Å²) in [5, 5.41) is 17.9. The van der Waals surface area contributed by atoms with Crippen LogP contribution in [0.3, 0.4) is 0 Å². The number of aryl methyl sites for hydroxylation is 1. The van der Waals surface area contributed by atoms with Crippen molar-refractivity contribution in [2.45, 2.75) is 70.3 Å². The van der Waals surface area contributed by atoms with Crippen LogP contribution in [0.5, 0.6) is 0 Å². The predicted molar refractivity (Wildman–Crippen MR) is 74.5 cm³/mol. The molecule has 1 aromatic rings. The van der Waals surface area contributed by atoms with Crippen molar-refractivity contribution in [1.82, 2.24) is 14.8 Å². The van der Waals surface area contributed by atoms with Crippen LogP contribution in [0, 0.1) is 5.92 Å². The molecule has 5 heteroatoms. The summed E-state index contributed by atoms with van der Waals surface area (Å²) in [6.45, 7) is 0.559. The van der Waals surface area contributed by atoms with Gasteiger partial charge in [-0.05, 0) is 19.3 Å². The molecule has 1 atom stereocenters. The Bertz CT molecular complexity index is 475. The second-order valence-corrected chi connectivity index (χ2v) is 6.20. The molecule has 0 aromatic carbocycles. The minimum atomic E-state index is -0.687. The lowest BCUT2D eigenvalue weighted by molar-refractivity contribution is -0.142. The van der Waals surface area contributed by atoms with Gasteiger partial charge in [0.1, 0.15) is 11.6 Å². The van der Waals surface area contributed by atoms with Crippen LogP contribution in [0.1, 0.15) is 68.9 Å². The first-order valence-electron chi connectivity index (χ1n) is 7.90. The highest BCUT2D eigenvalue weighted by molar-refractivity contribution is 5.70. The van der Waals surface area contributed by atoms with Gasteiger partial charge in [0.15, 0.2) is 0 Å². The molecule has 2 heterocycles. The van der Waals surface area contributed by atoms with Gasteiger partial charge in [-0.3, -0.25) is 4.79 Å². The zero-order valence-corrected chi connectivity index (χ0v) is 11.9. The second-order valence-electron chi connectivity index (χ2n) is 6.20. The van der Waals surface area contributed by atoms with Gasteiger partial charge in [0.2, 0.25) is 0 Å². The molecule has 0 spiro atoms. The number of aromatic nitrogens is 3. The average Bonchev–Trinajstić information content (AvgIpc) is 2.81. The van der Waals surface area contributed by atoms with Crippen molar-refractivity contribution >= 4 is 5.97 Å². The van der Waals surface area contributed by atoms with Crippen LogP contribution in [0.2, 0.25) is 0 Å². The molecule has 1 aliphatic carbocycles. The molecule has 1 unspecified atom stereocenters. The Balaban J connectivity index is 1.80. The lowest BCUT2D eigenvalue weighted by Crippen LogP contribution is -2.28. The molecule has 5 nitrogen and oxygen atoms in total. The van der Waals surface area contributed by atoms with Crippen molar-refractivity contribution in [1.29, 1.82) is 0 Å². The molecule has 0 saturated heterocycles. The van der Waals surface area contributed by atoms with E-state index in [0.29, 0.717) is 18.9 Å². The van der Waals surface area contributed by atoms with Gasteiger partial charge in [-0.2, -0.15) is 0 Å². The molecule has 1 N–H and O–H groups in total. The third-order valence-corrected chi connectivity index (χ3v) is 4.79. The van der Waals surface area contributed by atoms with Gasteiger partial charge >= 0.3 is 5.97 Å². The van der Waals surface area contributed by atoms with Gasteiger partial charge in [0, 0.05) is 18.9 Å². The number of carbonyl (C=O) groups is 1. The maximum atomic E-state index is 11.2. The highest BCUT2D eigenvalue weighted by atomic mass is 16.4. The Morgan fingerprint density at radius 1 is 1.05 bits per heavy atom. The first-order valence-corrected chi connectivity index (χ1v) is 7.90. The SMILES string of the molecule is O=C(O)C1CCc2nnc(C3CCCCCCC3)n2C1. The van der Waals surface area contributed by atoms with Crippen molar-refractivity contribution in [3.8, 4) is 0 Å². The number of nitrogens with zero attached hydrogens (tertiary/aromatic N) is 3. The highest BCUT2D eigenvalue weighted by Crippen LogP contribution is 2.32. The molecule has 1 aromatic heterocycles. The molecule has 1 aliphatic heterocycles. The van der Waals surface area contributed by atoms with Gasteiger partial charge in [-0.1, -0.05) is 32.1 Å². The molecular formula is C15H23N3O2. The predicted octanol–water partition coefficient (Wildman–Crippen LogP) is 2.75. The molecule has 20 heavy (non-hydrogen) atoms. The van der Waals surface area contributed by atoms with Crippen LogP contribution in [0.15, 0.2) is 0 Å². The van der Waals surface area contributed by atoms with Crippen LogP contribution in [-0.2, 0) is 17.8 Å². The molecule has 2 aliphatic rings.